The zero-order valence-electron chi connectivity index (χ0n) is 18.6. The van der Waals surface area contributed by atoms with E-state index in [-0.39, 0.29) is 12.0 Å². The number of methoxy groups -OCH3 is 1. The molecule has 0 aliphatic carbocycles. The zero-order chi connectivity index (χ0) is 21.6. The fourth-order valence-electron chi connectivity index (χ4n) is 4.40. The molecule has 1 unspecified atom stereocenters. The van der Waals surface area contributed by atoms with E-state index in [2.05, 4.69) is 41.0 Å². The van der Waals surface area contributed by atoms with E-state index in [1.807, 2.05) is 29.2 Å². The van der Waals surface area contributed by atoms with Gasteiger partial charge in [0.05, 0.1) is 25.4 Å². The number of benzene rings is 2. The van der Waals surface area contributed by atoms with E-state index in [9.17, 15) is 4.79 Å². The minimum atomic E-state index is 0.0512. The molecule has 2 heterocycles. The Bertz CT molecular complexity index is 863. The fraction of sp³-hybridized carbons (Fsp3) is 0.480. The van der Waals surface area contributed by atoms with E-state index in [0.717, 1.165) is 59.0 Å². The molecule has 0 spiro atoms. The van der Waals surface area contributed by atoms with Crippen LogP contribution in [0.25, 0.3) is 0 Å². The Morgan fingerprint density at radius 2 is 1.74 bits per heavy atom. The van der Waals surface area contributed by atoms with Gasteiger partial charge in [0, 0.05) is 52.4 Å². The van der Waals surface area contributed by atoms with Crippen molar-refractivity contribution in [3.05, 3.63) is 65.2 Å². The van der Waals surface area contributed by atoms with Gasteiger partial charge in [-0.15, -0.1) is 0 Å². The molecule has 1 amide bonds. The highest BCUT2D eigenvalue weighted by atomic mass is 16.5. The van der Waals surface area contributed by atoms with E-state index in [0.29, 0.717) is 11.3 Å². The van der Waals surface area contributed by atoms with Gasteiger partial charge in [-0.25, -0.2) is 0 Å². The first-order valence-corrected chi connectivity index (χ1v) is 11.2. The minimum absolute atomic E-state index is 0.0512. The lowest BCUT2D eigenvalue weighted by molar-refractivity contribution is -0.0497. The van der Waals surface area contributed by atoms with Gasteiger partial charge in [0.25, 0.3) is 5.91 Å². The molecule has 2 saturated heterocycles. The molecule has 166 valence electrons. The molecule has 0 radical (unpaired) electrons. The van der Waals surface area contributed by atoms with Crippen molar-refractivity contribution in [3.63, 3.8) is 0 Å². The maximum Gasteiger partial charge on any atom is 0.257 e. The third kappa shape index (κ3) is 5.64. The van der Waals surface area contributed by atoms with E-state index in [1.54, 1.807) is 7.11 Å². The summed E-state index contributed by atoms with van der Waals surface area (Å²) in [5.41, 5.74) is 3.29. The molecule has 2 aromatic rings. The van der Waals surface area contributed by atoms with Crippen LogP contribution in [0.1, 0.15) is 21.5 Å². The Labute approximate surface area is 185 Å². The molecule has 2 fully saturated rings. The summed E-state index contributed by atoms with van der Waals surface area (Å²) in [5, 5.41) is 0. The second-order valence-corrected chi connectivity index (χ2v) is 8.51. The highest BCUT2D eigenvalue weighted by Gasteiger charge is 2.27. The van der Waals surface area contributed by atoms with Crippen molar-refractivity contribution >= 4 is 5.91 Å². The number of ether oxygens (including phenoxy) is 2. The number of piperazine rings is 1. The number of nitrogens with zero attached hydrogens (tertiary/aromatic N) is 3. The molecule has 1 atom stereocenters. The summed E-state index contributed by atoms with van der Waals surface area (Å²) >= 11 is 0. The van der Waals surface area contributed by atoms with Gasteiger partial charge >= 0.3 is 0 Å². The van der Waals surface area contributed by atoms with Gasteiger partial charge in [0.1, 0.15) is 5.75 Å². The number of para-hydroxylation sites is 1. The van der Waals surface area contributed by atoms with E-state index >= 15 is 0 Å². The number of hydrogen-bond acceptors (Lipinski definition) is 5. The summed E-state index contributed by atoms with van der Waals surface area (Å²) in [6, 6.07) is 16.3. The van der Waals surface area contributed by atoms with Gasteiger partial charge in [-0.2, -0.15) is 0 Å². The summed E-state index contributed by atoms with van der Waals surface area (Å²) in [6.45, 7) is 9.94. The highest BCUT2D eigenvalue weighted by Crippen LogP contribution is 2.20. The van der Waals surface area contributed by atoms with Crippen molar-refractivity contribution in [3.8, 4) is 5.75 Å². The highest BCUT2D eigenvalue weighted by molar-refractivity contribution is 5.97. The Morgan fingerprint density at radius 3 is 2.48 bits per heavy atom. The van der Waals surface area contributed by atoms with Gasteiger partial charge in [0.15, 0.2) is 0 Å². The number of amides is 1. The van der Waals surface area contributed by atoms with Crippen LogP contribution >= 0.6 is 0 Å². The number of rotatable bonds is 6. The summed E-state index contributed by atoms with van der Waals surface area (Å²) in [4.78, 5) is 19.7. The van der Waals surface area contributed by atoms with Crippen LogP contribution in [0.2, 0.25) is 0 Å². The summed E-state index contributed by atoms with van der Waals surface area (Å²) in [7, 11) is 1.61. The van der Waals surface area contributed by atoms with Gasteiger partial charge in [-0.1, -0.05) is 42.0 Å². The third-order valence-electron chi connectivity index (χ3n) is 6.21. The summed E-state index contributed by atoms with van der Waals surface area (Å²) < 4.78 is 11.4. The first-order valence-electron chi connectivity index (χ1n) is 11.2. The first-order chi connectivity index (χ1) is 15.1. The molecule has 2 aliphatic heterocycles. The Hall–Kier alpha value is -2.41. The van der Waals surface area contributed by atoms with Crippen molar-refractivity contribution in [2.24, 2.45) is 0 Å². The lowest BCUT2D eigenvalue weighted by Crippen LogP contribution is -2.53. The molecule has 2 aromatic carbocycles. The quantitative estimate of drug-likeness (QED) is 0.715. The standard InChI is InChI=1S/C25H33N3O3/c1-20-7-9-21(10-8-20)17-27-15-16-31-22(19-27)18-26-11-13-28(14-12-26)25(29)23-5-3-4-6-24(23)30-2/h3-10,22H,11-19H2,1-2H3. The molecule has 31 heavy (non-hydrogen) atoms. The van der Waals surface area contributed by atoms with Crippen molar-refractivity contribution in [1.82, 2.24) is 14.7 Å². The monoisotopic (exact) mass is 423 g/mol. The van der Waals surface area contributed by atoms with Gasteiger partial charge in [-0.05, 0) is 24.6 Å². The van der Waals surface area contributed by atoms with Crippen molar-refractivity contribution in [2.45, 2.75) is 19.6 Å². The lowest BCUT2D eigenvalue weighted by Gasteiger charge is -2.39. The number of hydrogen-bond donors (Lipinski definition) is 0. The molecule has 6 heteroatoms. The summed E-state index contributed by atoms with van der Waals surface area (Å²) in [5.74, 6) is 0.689. The van der Waals surface area contributed by atoms with Crippen LogP contribution in [0.5, 0.6) is 5.75 Å². The van der Waals surface area contributed by atoms with E-state index in [1.165, 1.54) is 11.1 Å². The van der Waals surface area contributed by atoms with Crippen molar-refractivity contribution in [1.29, 1.82) is 0 Å². The topological polar surface area (TPSA) is 45.2 Å². The number of carbonyl (C=O) groups is 1. The molecule has 0 N–H and O–H groups in total. The van der Waals surface area contributed by atoms with Crippen LogP contribution in [0.3, 0.4) is 0 Å². The number of aryl methyl sites for hydroxylation is 1. The van der Waals surface area contributed by atoms with Gasteiger partial charge in [-0.3, -0.25) is 14.6 Å². The predicted molar refractivity (Wildman–Crippen MR) is 122 cm³/mol. The van der Waals surface area contributed by atoms with Gasteiger partial charge < -0.3 is 14.4 Å². The minimum Gasteiger partial charge on any atom is -0.496 e. The smallest absolute Gasteiger partial charge is 0.257 e. The molecule has 0 aromatic heterocycles. The average Bonchev–Trinajstić information content (AvgIpc) is 2.81. The normalized spacial score (nSPS) is 20.6. The largest absolute Gasteiger partial charge is 0.496 e. The number of morpholine rings is 1. The lowest BCUT2D eigenvalue weighted by atomic mass is 10.1. The molecule has 2 aliphatic rings. The molecule has 0 saturated carbocycles. The van der Waals surface area contributed by atoms with Crippen LogP contribution in [0, 0.1) is 6.92 Å². The zero-order valence-corrected chi connectivity index (χ0v) is 18.6. The van der Waals surface area contributed by atoms with Crippen molar-refractivity contribution in [2.75, 3.05) is 59.5 Å². The van der Waals surface area contributed by atoms with Crippen LogP contribution in [0.15, 0.2) is 48.5 Å². The number of carbonyl (C=O) groups excluding carboxylic acids is 1. The van der Waals surface area contributed by atoms with Crippen LogP contribution < -0.4 is 4.74 Å². The second kappa shape index (κ2) is 10.3. The van der Waals surface area contributed by atoms with Gasteiger partial charge in [0.2, 0.25) is 0 Å². The van der Waals surface area contributed by atoms with Crippen LogP contribution in [-0.4, -0.2) is 86.2 Å². The SMILES string of the molecule is COc1ccccc1C(=O)N1CCN(CC2CN(Cc3ccc(C)cc3)CCO2)CC1. The maximum atomic E-state index is 12.9. The fourth-order valence-corrected chi connectivity index (χ4v) is 4.40. The van der Waals surface area contributed by atoms with E-state index in [4.69, 9.17) is 9.47 Å². The molecule has 4 rings (SSSR count). The molecule has 6 nitrogen and oxygen atoms in total. The average molecular weight is 424 g/mol. The maximum absolute atomic E-state index is 12.9. The molecule has 0 bridgehead atoms. The van der Waals surface area contributed by atoms with Crippen LogP contribution in [-0.2, 0) is 11.3 Å². The van der Waals surface area contributed by atoms with Crippen molar-refractivity contribution < 1.29 is 14.3 Å². The van der Waals surface area contributed by atoms with E-state index < -0.39 is 0 Å². The summed E-state index contributed by atoms with van der Waals surface area (Å²) in [6.07, 6.45) is 0.218. The Morgan fingerprint density at radius 1 is 1.00 bits per heavy atom. The molecular weight excluding hydrogens is 390 g/mol. The third-order valence-corrected chi connectivity index (χ3v) is 6.21. The van der Waals surface area contributed by atoms with Crippen LogP contribution in [0.4, 0.5) is 0 Å². The second-order valence-electron chi connectivity index (χ2n) is 8.51. The Kier molecular flexibility index (Phi) is 7.22. The first kappa shape index (κ1) is 21.8. The predicted octanol–water partition coefficient (Wildman–Crippen LogP) is 2.66. The molecular formula is C25H33N3O3. The Balaban J connectivity index is 1.25.